The number of halogens is 1. The lowest BCUT2D eigenvalue weighted by Crippen LogP contribution is -2.15. The first-order chi connectivity index (χ1) is 12.5. The minimum absolute atomic E-state index is 0.0243. The molecule has 1 aliphatic carbocycles. The first-order valence-electron chi connectivity index (χ1n) is 8.43. The van der Waals surface area contributed by atoms with Crippen LogP contribution in [0.15, 0.2) is 46.9 Å². The number of para-hydroxylation sites is 1. The Kier molecular flexibility index (Phi) is 4.17. The van der Waals surface area contributed by atoms with Crippen LogP contribution in [0.25, 0.3) is 11.0 Å². The molecule has 26 heavy (non-hydrogen) atoms. The normalized spacial score (nSPS) is 13.6. The molecule has 2 aromatic carbocycles. The van der Waals surface area contributed by atoms with Crippen LogP contribution in [-0.4, -0.2) is 11.8 Å². The summed E-state index contributed by atoms with van der Waals surface area (Å²) in [4.78, 5) is 24.5. The summed E-state index contributed by atoms with van der Waals surface area (Å²) in [6.07, 6.45) is 1.88. The fraction of sp³-hybridized carbons (Fsp3) is 0.200. The van der Waals surface area contributed by atoms with Crippen molar-refractivity contribution in [3.63, 3.8) is 0 Å². The van der Waals surface area contributed by atoms with Gasteiger partial charge in [0, 0.05) is 28.2 Å². The van der Waals surface area contributed by atoms with E-state index in [4.69, 9.17) is 16.0 Å². The molecule has 0 aliphatic heterocycles. The van der Waals surface area contributed by atoms with Crippen LogP contribution in [0.4, 0.5) is 11.4 Å². The van der Waals surface area contributed by atoms with Gasteiger partial charge in [0.25, 0.3) is 5.91 Å². The number of carbonyl (C=O) groups excluding carboxylic acids is 2. The molecule has 6 heteroatoms. The van der Waals surface area contributed by atoms with E-state index in [9.17, 15) is 9.59 Å². The third kappa shape index (κ3) is 3.18. The minimum Gasteiger partial charge on any atom is -0.449 e. The molecular formula is C20H17ClN2O3. The molecule has 0 spiro atoms. The van der Waals surface area contributed by atoms with Gasteiger partial charge in [0.2, 0.25) is 5.91 Å². The Labute approximate surface area is 155 Å². The Morgan fingerprint density at radius 2 is 1.77 bits per heavy atom. The largest absolute Gasteiger partial charge is 0.449 e. The van der Waals surface area contributed by atoms with Crippen LogP contribution in [0.1, 0.15) is 29.0 Å². The van der Waals surface area contributed by atoms with E-state index in [1.165, 1.54) is 0 Å². The molecule has 2 N–H and O–H groups in total. The molecule has 3 aromatic rings. The molecule has 0 bridgehead atoms. The van der Waals surface area contributed by atoms with Crippen LogP contribution in [0.5, 0.6) is 0 Å². The standard InChI is InChI=1S/C20H17ClN2O3/c1-11-15-6-3-7-16(21)18(15)26-17(11)20(25)23-14-5-2-4-13(10-14)22-19(24)12-8-9-12/h2-7,10,12H,8-9H2,1H3,(H,22,24)(H,23,25). The van der Waals surface area contributed by atoms with Gasteiger partial charge in [-0.3, -0.25) is 9.59 Å². The van der Waals surface area contributed by atoms with E-state index in [2.05, 4.69) is 10.6 Å². The number of benzene rings is 2. The number of furan rings is 1. The number of aryl methyl sites for hydroxylation is 1. The fourth-order valence-corrected chi connectivity index (χ4v) is 3.09. The Balaban J connectivity index is 1.55. The molecule has 1 saturated carbocycles. The third-order valence-electron chi connectivity index (χ3n) is 4.46. The Morgan fingerprint density at radius 1 is 1.08 bits per heavy atom. The second-order valence-corrected chi connectivity index (χ2v) is 6.88. The Hall–Kier alpha value is -2.79. The summed E-state index contributed by atoms with van der Waals surface area (Å²) >= 11 is 6.14. The van der Waals surface area contributed by atoms with Crippen molar-refractivity contribution < 1.29 is 14.0 Å². The highest BCUT2D eigenvalue weighted by atomic mass is 35.5. The van der Waals surface area contributed by atoms with Gasteiger partial charge in [-0.2, -0.15) is 0 Å². The van der Waals surface area contributed by atoms with Gasteiger partial charge in [0.15, 0.2) is 11.3 Å². The van der Waals surface area contributed by atoms with Gasteiger partial charge in [-0.15, -0.1) is 0 Å². The average Bonchev–Trinajstić information content (AvgIpc) is 3.40. The zero-order valence-corrected chi connectivity index (χ0v) is 14.9. The molecule has 1 aliphatic rings. The fourth-order valence-electron chi connectivity index (χ4n) is 2.88. The van der Waals surface area contributed by atoms with Gasteiger partial charge in [-0.05, 0) is 44.0 Å². The van der Waals surface area contributed by atoms with Crippen LogP contribution >= 0.6 is 11.6 Å². The smallest absolute Gasteiger partial charge is 0.291 e. The van der Waals surface area contributed by atoms with Crippen LogP contribution in [0.2, 0.25) is 5.02 Å². The number of hydrogen-bond donors (Lipinski definition) is 2. The van der Waals surface area contributed by atoms with E-state index >= 15 is 0 Å². The number of anilines is 2. The predicted molar refractivity (Wildman–Crippen MR) is 102 cm³/mol. The molecule has 4 rings (SSSR count). The van der Waals surface area contributed by atoms with Crippen molar-refractivity contribution in [3.8, 4) is 0 Å². The molecular weight excluding hydrogens is 352 g/mol. The van der Waals surface area contributed by atoms with Gasteiger partial charge in [-0.25, -0.2) is 0 Å². The SMILES string of the molecule is Cc1c(C(=O)Nc2cccc(NC(=O)C3CC3)c2)oc2c(Cl)cccc12. The molecule has 0 saturated heterocycles. The summed E-state index contributed by atoms with van der Waals surface area (Å²) in [5, 5.41) is 6.96. The highest BCUT2D eigenvalue weighted by Gasteiger charge is 2.29. The predicted octanol–water partition coefficient (Wildman–Crippen LogP) is 5.00. The zero-order valence-electron chi connectivity index (χ0n) is 14.1. The molecule has 1 fully saturated rings. The number of hydrogen-bond acceptors (Lipinski definition) is 3. The molecule has 5 nitrogen and oxygen atoms in total. The van der Waals surface area contributed by atoms with Gasteiger partial charge in [-0.1, -0.05) is 29.8 Å². The lowest BCUT2D eigenvalue weighted by molar-refractivity contribution is -0.117. The minimum atomic E-state index is -0.361. The van der Waals surface area contributed by atoms with Crippen LogP contribution in [0.3, 0.4) is 0 Å². The first-order valence-corrected chi connectivity index (χ1v) is 8.80. The summed E-state index contributed by atoms with van der Waals surface area (Å²) in [6.45, 7) is 1.82. The Morgan fingerprint density at radius 3 is 2.46 bits per heavy atom. The van der Waals surface area contributed by atoms with Crippen molar-refractivity contribution in [2.45, 2.75) is 19.8 Å². The van der Waals surface area contributed by atoms with E-state index in [0.717, 1.165) is 23.8 Å². The van der Waals surface area contributed by atoms with Crippen LogP contribution in [-0.2, 0) is 4.79 Å². The highest BCUT2D eigenvalue weighted by molar-refractivity contribution is 6.35. The highest BCUT2D eigenvalue weighted by Crippen LogP contribution is 2.32. The van der Waals surface area contributed by atoms with E-state index in [0.29, 0.717) is 22.0 Å². The summed E-state index contributed by atoms with van der Waals surface area (Å²) in [7, 11) is 0. The summed E-state index contributed by atoms with van der Waals surface area (Å²) in [5.41, 5.74) is 2.47. The van der Waals surface area contributed by atoms with E-state index in [1.807, 2.05) is 19.1 Å². The second kappa shape index (κ2) is 6.50. The first kappa shape index (κ1) is 16.7. The van der Waals surface area contributed by atoms with E-state index in [-0.39, 0.29) is 23.5 Å². The second-order valence-electron chi connectivity index (χ2n) is 6.47. The lowest BCUT2D eigenvalue weighted by atomic mass is 10.1. The molecule has 132 valence electrons. The molecule has 0 unspecified atom stereocenters. The van der Waals surface area contributed by atoms with Crippen molar-refractivity contribution in [2.24, 2.45) is 5.92 Å². The maximum atomic E-state index is 12.6. The number of fused-ring (bicyclic) bond motifs is 1. The average molecular weight is 369 g/mol. The van der Waals surface area contributed by atoms with Gasteiger partial charge < -0.3 is 15.1 Å². The van der Waals surface area contributed by atoms with Crippen molar-refractivity contribution in [1.82, 2.24) is 0 Å². The van der Waals surface area contributed by atoms with Crippen molar-refractivity contribution in [1.29, 1.82) is 0 Å². The Bertz CT molecular complexity index is 1020. The van der Waals surface area contributed by atoms with Crippen molar-refractivity contribution in [2.75, 3.05) is 10.6 Å². The van der Waals surface area contributed by atoms with Crippen molar-refractivity contribution >= 4 is 45.8 Å². The van der Waals surface area contributed by atoms with Crippen LogP contribution < -0.4 is 10.6 Å². The monoisotopic (exact) mass is 368 g/mol. The third-order valence-corrected chi connectivity index (χ3v) is 4.76. The van der Waals surface area contributed by atoms with Gasteiger partial charge in [0.1, 0.15) is 0 Å². The molecule has 0 radical (unpaired) electrons. The summed E-state index contributed by atoms with van der Waals surface area (Å²) < 4.78 is 5.68. The van der Waals surface area contributed by atoms with E-state index < -0.39 is 0 Å². The summed E-state index contributed by atoms with van der Waals surface area (Å²) in [6, 6.07) is 12.5. The number of nitrogens with one attached hydrogen (secondary N) is 2. The molecule has 0 atom stereocenters. The quantitative estimate of drug-likeness (QED) is 0.681. The van der Waals surface area contributed by atoms with Crippen LogP contribution in [0, 0.1) is 12.8 Å². The van der Waals surface area contributed by atoms with E-state index in [1.54, 1.807) is 30.3 Å². The molecule has 1 heterocycles. The number of amides is 2. The number of carbonyl (C=O) groups is 2. The van der Waals surface area contributed by atoms with Gasteiger partial charge >= 0.3 is 0 Å². The lowest BCUT2D eigenvalue weighted by Gasteiger charge is -2.08. The summed E-state index contributed by atoms with van der Waals surface area (Å²) in [5.74, 6) is 0.00777. The topological polar surface area (TPSA) is 71.3 Å². The molecule has 2 amide bonds. The molecule has 1 aromatic heterocycles. The maximum absolute atomic E-state index is 12.6. The zero-order chi connectivity index (χ0) is 18.3. The van der Waals surface area contributed by atoms with Gasteiger partial charge in [0.05, 0.1) is 5.02 Å². The number of rotatable bonds is 4. The maximum Gasteiger partial charge on any atom is 0.291 e. The van der Waals surface area contributed by atoms with Crippen molar-refractivity contribution in [3.05, 3.63) is 58.8 Å².